The Kier molecular flexibility index (Phi) is 5.34. The Morgan fingerprint density at radius 2 is 1.04 bits per heavy atom. The summed E-state index contributed by atoms with van der Waals surface area (Å²) in [6.07, 6.45) is 1.83. The van der Waals surface area contributed by atoms with Crippen molar-refractivity contribution in [3.8, 4) is 33.8 Å². The van der Waals surface area contributed by atoms with E-state index in [-0.39, 0.29) is 5.41 Å². The number of nitrogens with zero attached hydrogens (tertiary/aromatic N) is 3. The highest BCUT2D eigenvalue weighted by atomic mass is 14.8. The van der Waals surface area contributed by atoms with E-state index < -0.39 is 0 Å². The van der Waals surface area contributed by atoms with Crippen LogP contribution in [0.5, 0.6) is 0 Å². The maximum absolute atomic E-state index is 5.16. The van der Waals surface area contributed by atoms with Gasteiger partial charge in [-0.15, -0.1) is 0 Å². The van der Waals surface area contributed by atoms with Gasteiger partial charge in [-0.05, 0) is 97.0 Å². The van der Waals surface area contributed by atoms with Crippen LogP contribution in [0.15, 0.2) is 140 Å². The first-order chi connectivity index (χ1) is 23.0. The Hall–Kier alpha value is -5.93. The van der Waals surface area contributed by atoms with Gasteiger partial charge in [-0.3, -0.25) is 4.98 Å². The van der Waals surface area contributed by atoms with Gasteiger partial charge in [0.2, 0.25) is 0 Å². The normalized spacial score (nSPS) is 13.5. The highest BCUT2D eigenvalue weighted by molar-refractivity contribution is 6.26. The second kappa shape index (κ2) is 9.54. The molecule has 0 aliphatic heterocycles. The third-order valence-corrected chi connectivity index (χ3v) is 10.3. The molecule has 0 fully saturated rings. The van der Waals surface area contributed by atoms with Gasteiger partial charge in [0, 0.05) is 27.9 Å². The zero-order valence-corrected chi connectivity index (χ0v) is 26.1. The summed E-state index contributed by atoms with van der Waals surface area (Å²) in [6, 6.07) is 48.1. The zero-order chi connectivity index (χ0) is 31.3. The minimum absolute atomic E-state index is 0.120. The van der Waals surface area contributed by atoms with Crippen molar-refractivity contribution in [2.45, 2.75) is 19.3 Å². The molecule has 3 nitrogen and oxygen atoms in total. The Balaban J connectivity index is 1.14. The SMILES string of the molecule is CC1(C)c2ccc(-c3cccc(-c4ccc5ccc6cccnc6c5n4)n3)cc2-c2cc3c4ccccc4c4ccccc4c3cc21. The van der Waals surface area contributed by atoms with E-state index in [1.54, 1.807) is 0 Å². The standard InChI is InChI=1S/C44H29N3/c1-44(2)37-20-18-28(39-14-7-15-40(46-39)41-21-19-27-17-16-26-9-8-22-45-42(26)43(27)47-41)23-35(37)36-24-33-31-12-5-3-10-29(31)30-11-4-6-13-32(30)34(33)25-38(36)44/h3-25H,1-2H3. The third kappa shape index (κ3) is 3.77. The fourth-order valence-corrected chi connectivity index (χ4v) is 7.91. The van der Waals surface area contributed by atoms with Gasteiger partial charge < -0.3 is 0 Å². The Bertz CT molecular complexity index is 2770. The molecule has 0 atom stereocenters. The number of pyridine rings is 3. The fraction of sp³-hybridized carbons (Fsp3) is 0.0682. The summed E-state index contributed by atoms with van der Waals surface area (Å²) >= 11 is 0. The minimum atomic E-state index is -0.120. The number of rotatable bonds is 2. The van der Waals surface area contributed by atoms with E-state index in [9.17, 15) is 0 Å². The van der Waals surface area contributed by atoms with Crippen LogP contribution in [-0.2, 0) is 5.41 Å². The van der Waals surface area contributed by atoms with Gasteiger partial charge in [0.05, 0.1) is 28.1 Å². The van der Waals surface area contributed by atoms with Crippen molar-refractivity contribution < 1.29 is 0 Å². The number of hydrogen-bond donors (Lipinski definition) is 0. The monoisotopic (exact) mass is 599 g/mol. The zero-order valence-electron chi connectivity index (χ0n) is 26.1. The lowest BCUT2D eigenvalue weighted by molar-refractivity contribution is 0.661. The van der Waals surface area contributed by atoms with Gasteiger partial charge >= 0.3 is 0 Å². The lowest BCUT2D eigenvalue weighted by atomic mass is 9.81. The number of aromatic nitrogens is 3. The molecule has 0 saturated heterocycles. The van der Waals surface area contributed by atoms with Crippen molar-refractivity contribution in [1.29, 1.82) is 0 Å². The highest BCUT2D eigenvalue weighted by Crippen LogP contribution is 2.52. The molecule has 0 unspecified atom stereocenters. The molecule has 0 N–H and O–H groups in total. The van der Waals surface area contributed by atoms with E-state index in [1.165, 1.54) is 54.6 Å². The van der Waals surface area contributed by atoms with Crippen LogP contribution in [0, 0.1) is 0 Å². The van der Waals surface area contributed by atoms with Crippen LogP contribution in [0.4, 0.5) is 0 Å². The number of hydrogen-bond acceptors (Lipinski definition) is 3. The molecule has 0 bridgehead atoms. The van der Waals surface area contributed by atoms with Crippen molar-refractivity contribution in [3.63, 3.8) is 0 Å². The molecule has 6 aromatic carbocycles. The van der Waals surface area contributed by atoms with Crippen LogP contribution >= 0.6 is 0 Å². The first kappa shape index (κ1) is 26.3. The molecule has 0 spiro atoms. The summed E-state index contributed by atoms with van der Waals surface area (Å²) < 4.78 is 0. The van der Waals surface area contributed by atoms with Crippen molar-refractivity contribution in [2.24, 2.45) is 0 Å². The van der Waals surface area contributed by atoms with E-state index in [4.69, 9.17) is 9.97 Å². The maximum Gasteiger partial charge on any atom is 0.0972 e. The molecular formula is C44H29N3. The molecule has 47 heavy (non-hydrogen) atoms. The fourth-order valence-electron chi connectivity index (χ4n) is 7.91. The van der Waals surface area contributed by atoms with Crippen LogP contribution < -0.4 is 0 Å². The average Bonchev–Trinajstić information content (AvgIpc) is 3.35. The molecule has 1 aliphatic carbocycles. The Labute approximate surface area is 272 Å². The van der Waals surface area contributed by atoms with E-state index in [1.807, 2.05) is 18.3 Å². The molecule has 10 rings (SSSR count). The summed E-state index contributed by atoms with van der Waals surface area (Å²) in [5.74, 6) is 0. The third-order valence-electron chi connectivity index (χ3n) is 10.3. The maximum atomic E-state index is 5.16. The van der Waals surface area contributed by atoms with Gasteiger partial charge in [0.25, 0.3) is 0 Å². The molecule has 0 amide bonds. The largest absolute Gasteiger partial charge is 0.254 e. The molecule has 0 saturated carbocycles. The second-order valence-electron chi connectivity index (χ2n) is 13.2. The first-order valence-electron chi connectivity index (χ1n) is 16.2. The van der Waals surface area contributed by atoms with E-state index in [0.717, 1.165) is 44.5 Å². The minimum Gasteiger partial charge on any atom is -0.254 e. The van der Waals surface area contributed by atoms with Crippen LogP contribution in [0.2, 0.25) is 0 Å². The summed E-state index contributed by atoms with van der Waals surface area (Å²) in [4.78, 5) is 14.9. The highest BCUT2D eigenvalue weighted by Gasteiger charge is 2.36. The molecule has 3 aromatic heterocycles. The first-order valence-corrected chi connectivity index (χ1v) is 16.2. The van der Waals surface area contributed by atoms with Crippen LogP contribution in [0.3, 0.4) is 0 Å². The van der Waals surface area contributed by atoms with E-state index in [0.29, 0.717) is 0 Å². The molecule has 0 radical (unpaired) electrons. The van der Waals surface area contributed by atoms with E-state index >= 15 is 0 Å². The molecular weight excluding hydrogens is 571 g/mol. The van der Waals surface area contributed by atoms with Gasteiger partial charge in [-0.25, -0.2) is 9.97 Å². The van der Waals surface area contributed by atoms with E-state index in [2.05, 4.69) is 140 Å². The quantitative estimate of drug-likeness (QED) is 0.186. The summed E-state index contributed by atoms with van der Waals surface area (Å²) in [5.41, 5.74) is 10.8. The van der Waals surface area contributed by atoms with Gasteiger partial charge in [0.1, 0.15) is 0 Å². The predicted octanol–water partition coefficient (Wildman–Crippen LogP) is 11.3. The summed E-state index contributed by atoms with van der Waals surface area (Å²) in [7, 11) is 0. The van der Waals surface area contributed by atoms with Gasteiger partial charge in [0.15, 0.2) is 0 Å². The molecule has 9 aromatic rings. The van der Waals surface area contributed by atoms with Crippen molar-refractivity contribution in [1.82, 2.24) is 15.0 Å². The van der Waals surface area contributed by atoms with Gasteiger partial charge in [-0.2, -0.15) is 0 Å². The second-order valence-corrected chi connectivity index (χ2v) is 13.2. The lowest BCUT2D eigenvalue weighted by Gasteiger charge is -2.22. The van der Waals surface area contributed by atoms with Crippen LogP contribution in [0.1, 0.15) is 25.0 Å². The Morgan fingerprint density at radius 1 is 0.426 bits per heavy atom. The molecule has 1 aliphatic rings. The Morgan fingerprint density at radius 3 is 1.81 bits per heavy atom. The topological polar surface area (TPSA) is 38.7 Å². The summed E-state index contributed by atoms with van der Waals surface area (Å²) in [6.45, 7) is 4.71. The van der Waals surface area contributed by atoms with Gasteiger partial charge in [-0.1, -0.05) is 105 Å². The summed E-state index contributed by atoms with van der Waals surface area (Å²) in [5, 5.41) is 9.99. The van der Waals surface area contributed by atoms with Crippen molar-refractivity contribution in [3.05, 3.63) is 151 Å². The number of fused-ring (bicyclic) bond motifs is 12. The van der Waals surface area contributed by atoms with Crippen molar-refractivity contribution in [2.75, 3.05) is 0 Å². The number of benzene rings is 6. The predicted molar refractivity (Wildman–Crippen MR) is 196 cm³/mol. The van der Waals surface area contributed by atoms with Crippen LogP contribution in [-0.4, -0.2) is 15.0 Å². The molecule has 220 valence electrons. The molecule has 3 heterocycles. The lowest BCUT2D eigenvalue weighted by Crippen LogP contribution is -2.14. The average molecular weight is 600 g/mol. The van der Waals surface area contributed by atoms with Crippen LogP contribution in [0.25, 0.3) is 87.9 Å². The smallest absolute Gasteiger partial charge is 0.0972 e. The van der Waals surface area contributed by atoms with Crippen molar-refractivity contribution >= 4 is 54.1 Å². The molecule has 3 heteroatoms.